The zero-order chi connectivity index (χ0) is 52.9. The van der Waals surface area contributed by atoms with E-state index in [1.54, 1.807) is 0 Å². The van der Waals surface area contributed by atoms with Crippen LogP contribution in [0.15, 0.2) is 97.2 Å². The van der Waals surface area contributed by atoms with E-state index in [1.807, 2.05) is 33.3 Å². The standard InChI is InChI=1S/C62H109N2O7P/c1-7-10-13-16-19-22-25-28-29-30-31-32-33-34-35-37-39-42-45-48-51-54-61(65)63-59(58-70-72(67,68)69-57-56-64(4,5)6)60(53-50-47-44-41-38-27-24-21-18-15-12-9-3)71-62(66)55-52-49-46-43-40-36-26-23-20-17-14-11-8-2/h10,13,19,22,28-29,31-32,34-36,39-40,42,50,53,59-60H,7-9,11-12,14-18,20-21,23-27,30,33,37-38,41,43-49,51-52,54-58H2,1-6H3,(H-,63,65,67,68)/p+1/b13-10-,22-19-,29-28-,32-31-,35-34-,40-36-,42-39-,53-50-. The van der Waals surface area contributed by atoms with E-state index in [0.29, 0.717) is 23.9 Å². The number of nitrogens with one attached hydrogen (secondary N) is 1. The first-order valence-electron chi connectivity index (χ1n) is 29.1. The van der Waals surface area contributed by atoms with Crippen molar-refractivity contribution < 1.29 is 37.3 Å². The maximum atomic E-state index is 13.5. The Bertz CT molecular complexity index is 1560. The lowest BCUT2D eigenvalue weighted by molar-refractivity contribution is -0.870. The van der Waals surface area contributed by atoms with Gasteiger partial charge in [0.15, 0.2) is 0 Å². The van der Waals surface area contributed by atoms with Crippen LogP contribution in [0.4, 0.5) is 0 Å². The fourth-order valence-electron chi connectivity index (χ4n) is 7.76. The number of carbonyl (C=O) groups is 2. The Labute approximate surface area is 443 Å². The Morgan fingerprint density at radius 3 is 1.36 bits per heavy atom. The average Bonchev–Trinajstić information content (AvgIpc) is 3.34. The molecule has 0 bridgehead atoms. The molecule has 0 fully saturated rings. The molecule has 10 heteroatoms. The minimum atomic E-state index is -4.46. The summed E-state index contributed by atoms with van der Waals surface area (Å²) in [5.41, 5.74) is 0. The molecule has 1 amide bonds. The van der Waals surface area contributed by atoms with Gasteiger partial charge in [-0.1, -0.05) is 208 Å². The molecule has 9 nitrogen and oxygen atoms in total. The predicted molar refractivity (Wildman–Crippen MR) is 309 cm³/mol. The fourth-order valence-corrected chi connectivity index (χ4v) is 8.50. The second kappa shape index (κ2) is 51.4. The van der Waals surface area contributed by atoms with Crippen LogP contribution in [-0.2, 0) is 27.9 Å². The number of unbranched alkanes of at least 4 members (excludes halogenated alkanes) is 21. The van der Waals surface area contributed by atoms with E-state index >= 15 is 0 Å². The van der Waals surface area contributed by atoms with Crippen molar-refractivity contribution in [1.29, 1.82) is 0 Å². The number of rotatable bonds is 51. The molecule has 72 heavy (non-hydrogen) atoms. The van der Waals surface area contributed by atoms with E-state index in [9.17, 15) is 19.0 Å². The van der Waals surface area contributed by atoms with Crippen molar-refractivity contribution >= 4 is 19.7 Å². The highest BCUT2D eigenvalue weighted by atomic mass is 31.2. The monoisotopic (exact) mass is 1030 g/mol. The third-order valence-corrected chi connectivity index (χ3v) is 13.2. The molecular formula is C62H110N2O7P+. The van der Waals surface area contributed by atoms with Gasteiger partial charge in [-0.2, -0.15) is 0 Å². The maximum absolute atomic E-state index is 13.5. The number of allylic oxidation sites excluding steroid dienone is 15. The van der Waals surface area contributed by atoms with Crippen molar-refractivity contribution in [2.75, 3.05) is 40.9 Å². The number of phosphoric ester groups is 1. The highest BCUT2D eigenvalue weighted by Crippen LogP contribution is 2.43. The van der Waals surface area contributed by atoms with Crippen LogP contribution in [0.1, 0.15) is 233 Å². The number of likely N-dealkylation sites (N-methyl/N-ethyl adjacent to an activating group) is 1. The number of quaternary nitrogens is 1. The number of ether oxygens (including phenoxy) is 1. The Morgan fingerprint density at radius 1 is 0.500 bits per heavy atom. The maximum Gasteiger partial charge on any atom is 0.472 e. The van der Waals surface area contributed by atoms with Crippen LogP contribution < -0.4 is 5.32 Å². The van der Waals surface area contributed by atoms with Crippen LogP contribution in [0.25, 0.3) is 0 Å². The van der Waals surface area contributed by atoms with E-state index < -0.39 is 20.0 Å². The lowest BCUT2D eigenvalue weighted by Crippen LogP contribution is -2.47. The predicted octanol–water partition coefficient (Wildman–Crippen LogP) is 17.6. The van der Waals surface area contributed by atoms with Crippen molar-refractivity contribution in [3.8, 4) is 0 Å². The van der Waals surface area contributed by atoms with Crippen molar-refractivity contribution in [3.63, 3.8) is 0 Å². The number of hydrogen-bond acceptors (Lipinski definition) is 6. The second-order valence-corrected chi connectivity index (χ2v) is 21.9. The van der Waals surface area contributed by atoms with Gasteiger partial charge in [0.2, 0.25) is 5.91 Å². The van der Waals surface area contributed by atoms with Gasteiger partial charge >= 0.3 is 13.8 Å². The molecule has 3 atom stereocenters. The number of phosphoric acid groups is 1. The lowest BCUT2D eigenvalue weighted by Gasteiger charge is -2.27. The number of esters is 1. The second-order valence-electron chi connectivity index (χ2n) is 20.4. The fraction of sp³-hybridized carbons (Fsp3) is 0.710. The lowest BCUT2D eigenvalue weighted by atomic mass is 10.1. The molecule has 0 aliphatic heterocycles. The zero-order valence-corrected chi connectivity index (χ0v) is 48.0. The van der Waals surface area contributed by atoms with Gasteiger partial charge in [-0.3, -0.25) is 18.6 Å². The van der Waals surface area contributed by atoms with E-state index in [4.69, 9.17) is 13.8 Å². The molecule has 0 aromatic heterocycles. The first-order valence-corrected chi connectivity index (χ1v) is 30.6. The van der Waals surface area contributed by atoms with Crippen molar-refractivity contribution in [2.24, 2.45) is 0 Å². The summed E-state index contributed by atoms with van der Waals surface area (Å²) >= 11 is 0. The summed E-state index contributed by atoms with van der Waals surface area (Å²) in [6.45, 7) is 6.83. The first-order chi connectivity index (χ1) is 34.9. The van der Waals surface area contributed by atoms with Crippen molar-refractivity contribution in [2.45, 2.75) is 245 Å². The number of carbonyl (C=O) groups excluding carboxylic acids is 2. The zero-order valence-electron chi connectivity index (χ0n) is 47.1. The molecule has 0 aliphatic carbocycles. The molecule has 0 saturated heterocycles. The molecule has 2 N–H and O–H groups in total. The number of nitrogens with zero attached hydrogens (tertiary/aromatic N) is 1. The Balaban J connectivity index is 5.41. The van der Waals surface area contributed by atoms with Crippen LogP contribution in [0.5, 0.6) is 0 Å². The highest BCUT2D eigenvalue weighted by molar-refractivity contribution is 7.47. The van der Waals surface area contributed by atoms with Crippen LogP contribution in [-0.4, -0.2) is 74.3 Å². The number of hydrogen-bond donors (Lipinski definition) is 2. The van der Waals surface area contributed by atoms with E-state index in [-0.39, 0.29) is 37.9 Å². The summed E-state index contributed by atoms with van der Waals surface area (Å²) < 4.78 is 30.6. The van der Waals surface area contributed by atoms with Gasteiger partial charge in [-0.15, -0.1) is 0 Å². The van der Waals surface area contributed by atoms with Gasteiger partial charge in [0.05, 0.1) is 33.8 Å². The summed E-state index contributed by atoms with van der Waals surface area (Å²) in [7, 11) is 1.45. The smallest absolute Gasteiger partial charge is 0.456 e. The Kier molecular flexibility index (Phi) is 49.2. The third-order valence-electron chi connectivity index (χ3n) is 12.3. The van der Waals surface area contributed by atoms with Crippen LogP contribution in [0.2, 0.25) is 0 Å². The summed E-state index contributed by atoms with van der Waals surface area (Å²) in [5.74, 6) is -0.581. The van der Waals surface area contributed by atoms with E-state index in [2.05, 4.69) is 111 Å². The molecule has 0 aromatic carbocycles. The average molecular weight is 1030 g/mol. The molecule has 0 saturated carbocycles. The summed E-state index contributed by atoms with van der Waals surface area (Å²) in [5, 5.41) is 3.02. The van der Waals surface area contributed by atoms with Crippen LogP contribution >= 0.6 is 7.82 Å². The molecule has 0 aromatic rings. The number of amides is 1. The van der Waals surface area contributed by atoms with E-state index in [1.165, 1.54) is 89.9 Å². The SMILES string of the molecule is CC/C=C\C/C=C\C/C=C\C/C=C\C/C=C\C/C=C\CCCCC(=O)NC(COP(=O)(O)OCC[N+](C)(C)C)C(/C=C\CCCCCCCCCCCC)OC(=O)CCCCC/C=C\CCCCCCCC. The van der Waals surface area contributed by atoms with Crippen LogP contribution in [0.3, 0.4) is 0 Å². The summed E-state index contributed by atoms with van der Waals surface area (Å²) in [6.07, 6.45) is 68.4. The van der Waals surface area contributed by atoms with E-state index in [0.717, 1.165) is 96.3 Å². The van der Waals surface area contributed by atoms with Gasteiger partial charge in [0, 0.05) is 12.8 Å². The molecule has 0 rings (SSSR count). The summed E-state index contributed by atoms with van der Waals surface area (Å²) in [6, 6.07) is -0.881. The third kappa shape index (κ3) is 51.8. The van der Waals surface area contributed by atoms with Gasteiger partial charge in [-0.05, 0) is 109 Å². The van der Waals surface area contributed by atoms with Gasteiger partial charge in [0.1, 0.15) is 19.3 Å². The normalized spacial score (nSPS) is 14.5. The molecule has 3 unspecified atom stereocenters. The van der Waals surface area contributed by atoms with Gasteiger partial charge in [0.25, 0.3) is 0 Å². The topological polar surface area (TPSA) is 111 Å². The molecule has 0 spiro atoms. The molecule has 0 radical (unpaired) electrons. The quantitative estimate of drug-likeness (QED) is 0.0205. The minimum Gasteiger partial charge on any atom is -0.456 e. The van der Waals surface area contributed by atoms with Gasteiger partial charge < -0.3 is 19.4 Å². The first kappa shape index (κ1) is 68.9. The highest BCUT2D eigenvalue weighted by Gasteiger charge is 2.30. The largest absolute Gasteiger partial charge is 0.472 e. The Morgan fingerprint density at radius 2 is 0.889 bits per heavy atom. The molecule has 414 valence electrons. The van der Waals surface area contributed by atoms with Crippen molar-refractivity contribution in [1.82, 2.24) is 5.32 Å². The summed E-state index contributed by atoms with van der Waals surface area (Å²) in [4.78, 5) is 37.6. The minimum absolute atomic E-state index is 0.0250. The van der Waals surface area contributed by atoms with Crippen molar-refractivity contribution in [3.05, 3.63) is 97.2 Å². The molecule has 0 heterocycles. The Hall–Kier alpha value is -3.07. The van der Waals surface area contributed by atoms with Gasteiger partial charge in [-0.25, -0.2) is 4.57 Å². The van der Waals surface area contributed by atoms with Crippen LogP contribution in [0, 0.1) is 0 Å². The molecular weight excluding hydrogens is 916 g/mol. The molecule has 0 aliphatic rings.